The van der Waals surface area contributed by atoms with Gasteiger partial charge >= 0.3 is 0 Å². The summed E-state index contributed by atoms with van der Waals surface area (Å²) in [5.74, 6) is -0.936. The van der Waals surface area contributed by atoms with Crippen molar-refractivity contribution in [3.05, 3.63) is 62.6 Å². The first-order valence-corrected chi connectivity index (χ1v) is 7.44. The Labute approximate surface area is 135 Å². The second-order valence-electron chi connectivity index (χ2n) is 4.38. The fraction of sp³-hybridized carbons (Fsp3) is 0.200. The van der Waals surface area contributed by atoms with Gasteiger partial charge in [-0.3, -0.25) is 0 Å². The van der Waals surface area contributed by atoms with Crippen molar-refractivity contribution in [3.63, 3.8) is 0 Å². The number of ether oxygens (including phenoxy) is 1. The Morgan fingerprint density at radius 3 is 2.67 bits per heavy atom. The zero-order valence-electron chi connectivity index (χ0n) is 11.0. The number of benzene rings is 2. The van der Waals surface area contributed by atoms with Gasteiger partial charge in [-0.1, -0.05) is 23.7 Å². The largest absolute Gasteiger partial charge is 0.487 e. The third kappa shape index (κ3) is 3.73. The quantitative estimate of drug-likeness (QED) is 0.782. The van der Waals surface area contributed by atoms with Crippen LogP contribution in [0.15, 0.2) is 34.8 Å². The smallest absolute Gasteiger partial charge is 0.146 e. The van der Waals surface area contributed by atoms with E-state index in [0.717, 1.165) is 5.56 Å². The van der Waals surface area contributed by atoms with Crippen LogP contribution in [-0.4, -0.2) is 6.54 Å². The van der Waals surface area contributed by atoms with Crippen molar-refractivity contribution < 1.29 is 13.5 Å². The first kappa shape index (κ1) is 16.2. The average Bonchev–Trinajstić information content (AvgIpc) is 2.46. The Bertz CT molecular complexity index is 652. The molecule has 0 aliphatic rings. The van der Waals surface area contributed by atoms with Crippen LogP contribution in [0, 0.1) is 11.6 Å². The van der Waals surface area contributed by atoms with Gasteiger partial charge in [-0.2, -0.15) is 0 Å². The SMILES string of the molecule is NCCc1cccc(Cl)c1OCc1c(F)ccc(Br)c1F. The molecule has 0 fully saturated rings. The van der Waals surface area contributed by atoms with E-state index in [4.69, 9.17) is 22.1 Å². The molecule has 2 nitrogen and oxygen atoms in total. The first-order valence-electron chi connectivity index (χ1n) is 6.27. The van der Waals surface area contributed by atoms with Crippen molar-refractivity contribution in [2.24, 2.45) is 5.73 Å². The van der Waals surface area contributed by atoms with Crippen molar-refractivity contribution >= 4 is 27.5 Å². The van der Waals surface area contributed by atoms with Crippen molar-refractivity contribution in [2.45, 2.75) is 13.0 Å². The third-order valence-corrected chi connectivity index (χ3v) is 3.87. The second kappa shape index (κ2) is 7.20. The zero-order valence-corrected chi connectivity index (χ0v) is 13.3. The van der Waals surface area contributed by atoms with E-state index in [9.17, 15) is 8.78 Å². The lowest BCUT2D eigenvalue weighted by atomic mass is 10.1. The third-order valence-electron chi connectivity index (χ3n) is 2.96. The number of halogens is 4. The molecule has 2 aromatic rings. The molecule has 2 rings (SSSR count). The van der Waals surface area contributed by atoms with Gasteiger partial charge in [-0.25, -0.2) is 8.78 Å². The maximum atomic E-state index is 13.9. The molecular formula is C15H13BrClF2NO. The molecule has 6 heteroatoms. The van der Waals surface area contributed by atoms with E-state index in [-0.39, 0.29) is 16.6 Å². The summed E-state index contributed by atoms with van der Waals surface area (Å²) in [6.07, 6.45) is 0.569. The summed E-state index contributed by atoms with van der Waals surface area (Å²) < 4.78 is 33.3. The van der Waals surface area contributed by atoms with Crippen LogP contribution in [0.25, 0.3) is 0 Å². The molecule has 0 atom stereocenters. The molecule has 0 saturated heterocycles. The van der Waals surface area contributed by atoms with Crippen LogP contribution in [0.4, 0.5) is 8.78 Å². The molecule has 0 unspecified atom stereocenters. The highest BCUT2D eigenvalue weighted by atomic mass is 79.9. The van der Waals surface area contributed by atoms with E-state index in [2.05, 4.69) is 15.9 Å². The summed E-state index contributed by atoms with van der Waals surface area (Å²) in [6, 6.07) is 7.75. The Balaban J connectivity index is 2.27. The van der Waals surface area contributed by atoms with E-state index in [1.165, 1.54) is 12.1 Å². The summed E-state index contributed by atoms with van der Waals surface area (Å²) in [5.41, 5.74) is 6.19. The van der Waals surface area contributed by atoms with Gasteiger partial charge in [-0.15, -0.1) is 0 Å². The lowest BCUT2D eigenvalue weighted by molar-refractivity contribution is 0.289. The molecule has 2 N–H and O–H groups in total. The summed E-state index contributed by atoms with van der Waals surface area (Å²) in [5, 5.41) is 0.386. The molecule has 0 bridgehead atoms. The molecule has 21 heavy (non-hydrogen) atoms. The van der Waals surface area contributed by atoms with Crippen LogP contribution in [0.3, 0.4) is 0 Å². The van der Waals surface area contributed by atoms with Gasteiger partial charge in [-0.05, 0) is 52.7 Å². The Morgan fingerprint density at radius 1 is 1.19 bits per heavy atom. The van der Waals surface area contributed by atoms with Gasteiger partial charge in [0.1, 0.15) is 24.0 Å². The normalized spacial score (nSPS) is 10.7. The van der Waals surface area contributed by atoms with Crippen molar-refractivity contribution in [1.82, 2.24) is 0 Å². The van der Waals surface area contributed by atoms with E-state index in [1.54, 1.807) is 12.1 Å². The summed E-state index contributed by atoms with van der Waals surface area (Å²) in [7, 11) is 0. The number of para-hydroxylation sites is 1. The molecule has 0 aliphatic carbocycles. The summed E-state index contributed by atoms with van der Waals surface area (Å²) >= 11 is 9.10. The number of hydrogen-bond donors (Lipinski definition) is 1. The van der Waals surface area contributed by atoms with Crippen LogP contribution in [-0.2, 0) is 13.0 Å². The predicted molar refractivity (Wildman–Crippen MR) is 82.6 cm³/mol. The molecule has 0 heterocycles. The standard InChI is InChI=1S/C15H13BrClF2NO/c16-11-4-5-13(18)10(14(11)19)8-21-15-9(6-7-20)2-1-3-12(15)17/h1-5H,6-8,20H2. The summed E-state index contributed by atoms with van der Waals surface area (Å²) in [6.45, 7) is 0.175. The summed E-state index contributed by atoms with van der Waals surface area (Å²) in [4.78, 5) is 0. The topological polar surface area (TPSA) is 35.2 Å². The second-order valence-corrected chi connectivity index (χ2v) is 5.64. The number of rotatable bonds is 5. The molecule has 112 valence electrons. The van der Waals surface area contributed by atoms with E-state index in [0.29, 0.717) is 23.7 Å². The molecular weight excluding hydrogens is 364 g/mol. The molecule has 0 amide bonds. The zero-order chi connectivity index (χ0) is 15.4. The minimum Gasteiger partial charge on any atom is -0.487 e. The van der Waals surface area contributed by atoms with E-state index < -0.39 is 11.6 Å². The van der Waals surface area contributed by atoms with Gasteiger partial charge in [0, 0.05) is 0 Å². The Hall–Kier alpha value is -1.17. The van der Waals surface area contributed by atoms with Crippen LogP contribution in [0.2, 0.25) is 5.02 Å². The first-order chi connectivity index (χ1) is 10.0. The number of hydrogen-bond acceptors (Lipinski definition) is 2. The van der Waals surface area contributed by atoms with Gasteiger partial charge in [0.25, 0.3) is 0 Å². The van der Waals surface area contributed by atoms with Gasteiger partial charge in [0.2, 0.25) is 0 Å². The van der Waals surface area contributed by atoms with Crippen molar-refractivity contribution in [1.29, 1.82) is 0 Å². The van der Waals surface area contributed by atoms with Crippen molar-refractivity contribution in [3.8, 4) is 5.75 Å². The minimum atomic E-state index is -0.678. The molecule has 0 saturated carbocycles. The molecule has 0 radical (unpaired) electrons. The molecule has 0 spiro atoms. The highest BCUT2D eigenvalue weighted by Crippen LogP contribution is 2.31. The van der Waals surface area contributed by atoms with Crippen LogP contribution < -0.4 is 10.5 Å². The Kier molecular flexibility index (Phi) is 5.56. The highest BCUT2D eigenvalue weighted by Gasteiger charge is 2.15. The van der Waals surface area contributed by atoms with E-state index >= 15 is 0 Å². The lowest BCUT2D eigenvalue weighted by Crippen LogP contribution is -2.07. The maximum absolute atomic E-state index is 13.9. The molecule has 0 aromatic heterocycles. The minimum absolute atomic E-state index is 0.150. The maximum Gasteiger partial charge on any atom is 0.146 e. The van der Waals surface area contributed by atoms with Gasteiger partial charge < -0.3 is 10.5 Å². The fourth-order valence-electron chi connectivity index (χ4n) is 1.91. The van der Waals surface area contributed by atoms with Crippen molar-refractivity contribution in [2.75, 3.05) is 6.54 Å². The van der Waals surface area contributed by atoms with E-state index in [1.807, 2.05) is 6.07 Å². The lowest BCUT2D eigenvalue weighted by Gasteiger charge is -2.14. The molecule has 0 aliphatic heterocycles. The Morgan fingerprint density at radius 2 is 1.95 bits per heavy atom. The van der Waals surface area contributed by atoms with Gasteiger partial charge in [0.15, 0.2) is 0 Å². The predicted octanol–water partition coefficient (Wildman–Crippen LogP) is 4.46. The fourth-order valence-corrected chi connectivity index (χ4v) is 2.53. The van der Waals surface area contributed by atoms with Crippen LogP contribution in [0.5, 0.6) is 5.75 Å². The monoisotopic (exact) mass is 375 g/mol. The number of nitrogens with two attached hydrogens (primary N) is 1. The molecule has 2 aromatic carbocycles. The van der Waals surface area contributed by atoms with Crippen LogP contribution in [0.1, 0.15) is 11.1 Å². The van der Waals surface area contributed by atoms with Crippen LogP contribution >= 0.6 is 27.5 Å². The average molecular weight is 377 g/mol. The highest BCUT2D eigenvalue weighted by molar-refractivity contribution is 9.10. The van der Waals surface area contributed by atoms with Gasteiger partial charge in [0.05, 0.1) is 15.1 Å².